The van der Waals surface area contributed by atoms with Gasteiger partial charge in [0.2, 0.25) is 5.75 Å². The average Bonchev–Trinajstić information content (AvgIpc) is 2.89. The molecule has 1 aliphatic rings. The first kappa shape index (κ1) is 18.2. The minimum Gasteiger partial charge on any atom is -0.493 e. The summed E-state index contributed by atoms with van der Waals surface area (Å²) in [7, 11) is 0.0488. The Balaban J connectivity index is 1.74. The van der Waals surface area contributed by atoms with E-state index in [1.165, 1.54) is 14.2 Å². The van der Waals surface area contributed by atoms with Crippen LogP contribution in [0.25, 0.3) is 0 Å². The predicted octanol–water partition coefficient (Wildman–Crippen LogP) is 0.569. The highest BCUT2D eigenvalue weighted by Crippen LogP contribution is 2.36. The van der Waals surface area contributed by atoms with Crippen molar-refractivity contribution in [3.05, 3.63) is 18.2 Å². The Hall–Kier alpha value is -2.16. The summed E-state index contributed by atoms with van der Waals surface area (Å²) in [4.78, 5) is 11.7. The van der Waals surface area contributed by atoms with Crippen molar-refractivity contribution in [1.82, 2.24) is 10.6 Å². The Labute approximate surface area is 141 Å². The van der Waals surface area contributed by atoms with Gasteiger partial charge in [-0.15, -0.1) is 0 Å². The molecular formula is C15H22N2O6S. The number of urea groups is 1. The monoisotopic (exact) mass is 358 g/mol. The molecule has 1 aliphatic heterocycles. The molecule has 0 aromatic heterocycles. The van der Waals surface area contributed by atoms with Crippen LogP contribution in [0.1, 0.15) is 6.42 Å². The summed E-state index contributed by atoms with van der Waals surface area (Å²) >= 11 is 0. The van der Waals surface area contributed by atoms with E-state index in [0.29, 0.717) is 23.7 Å². The van der Waals surface area contributed by atoms with Gasteiger partial charge >= 0.3 is 6.03 Å². The lowest BCUT2D eigenvalue weighted by Gasteiger charge is -2.14. The molecule has 24 heavy (non-hydrogen) atoms. The smallest absolute Gasteiger partial charge is 0.315 e. The first-order valence-corrected chi connectivity index (χ1v) is 9.36. The number of carbonyl (C=O) groups is 1. The number of carbonyl (C=O) groups excluding carboxylic acids is 1. The topological polar surface area (TPSA) is 103 Å². The molecule has 1 atom stereocenters. The molecule has 1 aromatic carbocycles. The van der Waals surface area contributed by atoms with E-state index >= 15 is 0 Å². The normalized spacial score (nSPS) is 18.7. The summed E-state index contributed by atoms with van der Waals surface area (Å²) in [5, 5.41) is 5.28. The van der Waals surface area contributed by atoms with Gasteiger partial charge in [-0.1, -0.05) is 6.07 Å². The molecule has 1 aromatic rings. The summed E-state index contributed by atoms with van der Waals surface area (Å²) in [6.45, 7) is 0.506. The van der Waals surface area contributed by atoms with Crippen molar-refractivity contribution >= 4 is 15.9 Å². The van der Waals surface area contributed by atoms with Gasteiger partial charge in [-0.25, -0.2) is 13.2 Å². The molecule has 2 amide bonds. The SMILES string of the molecule is COc1cccc(OCCNC(=O)NC2CCS(=O)(=O)C2)c1OC. The number of para-hydroxylation sites is 1. The second-order valence-electron chi connectivity index (χ2n) is 5.34. The zero-order valence-electron chi connectivity index (χ0n) is 13.7. The van der Waals surface area contributed by atoms with Crippen LogP contribution in [0.2, 0.25) is 0 Å². The number of nitrogens with one attached hydrogen (secondary N) is 2. The molecule has 1 unspecified atom stereocenters. The lowest BCUT2D eigenvalue weighted by molar-refractivity contribution is 0.232. The summed E-state index contributed by atoms with van der Waals surface area (Å²) in [5.41, 5.74) is 0. The zero-order chi connectivity index (χ0) is 17.6. The highest BCUT2D eigenvalue weighted by Gasteiger charge is 2.28. The van der Waals surface area contributed by atoms with E-state index in [-0.39, 0.29) is 30.7 Å². The molecule has 2 rings (SSSR count). The van der Waals surface area contributed by atoms with Crippen LogP contribution in [0, 0.1) is 0 Å². The summed E-state index contributed by atoms with van der Waals surface area (Å²) < 4.78 is 38.7. The van der Waals surface area contributed by atoms with Gasteiger partial charge in [0.15, 0.2) is 21.3 Å². The zero-order valence-corrected chi connectivity index (χ0v) is 14.5. The molecule has 8 nitrogen and oxygen atoms in total. The van der Waals surface area contributed by atoms with Crippen LogP contribution in [-0.4, -0.2) is 59.4 Å². The van der Waals surface area contributed by atoms with Gasteiger partial charge < -0.3 is 24.8 Å². The Morgan fingerprint density at radius 3 is 2.62 bits per heavy atom. The quantitative estimate of drug-likeness (QED) is 0.691. The highest BCUT2D eigenvalue weighted by atomic mass is 32.2. The number of rotatable bonds is 7. The van der Waals surface area contributed by atoms with E-state index in [1.54, 1.807) is 18.2 Å². The van der Waals surface area contributed by atoms with Crippen LogP contribution in [-0.2, 0) is 9.84 Å². The molecule has 134 valence electrons. The maximum absolute atomic E-state index is 11.7. The van der Waals surface area contributed by atoms with Crippen molar-refractivity contribution in [2.24, 2.45) is 0 Å². The average molecular weight is 358 g/mol. The van der Waals surface area contributed by atoms with Crippen LogP contribution in [0.5, 0.6) is 17.2 Å². The van der Waals surface area contributed by atoms with Gasteiger partial charge in [-0.05, 0) is 18.6 Å². The highest BCUT2D eigenvalue weighted by molar-refractivity contribution is 7.91. The van der Waals surface area contributed by atoms with E-state index in [9.17, 15) is 13.2 Å². The van der Waals surface area contributed by atoms with E-state index in [1.807, 2.05) is 0 Å². The van der Waals surface area contributed by atoms with Crippen molar-refractivity contribution in [2.75, 3.05) is 38.9 Å². The van der Waals surface area contributed by atoms with Crippen LogP contribution in [0.4, 0.5) is 4.79 Å². The third-order valence-corrected chi connectivity index (χ3v) is 5.35. The van der Waals surface area contributed by atoms with Crippen molar-refractivity contribution in [3.63, 3.8) is 0 Å². The molecule has 0 radical (unpaired) electrons. The molecule has 0 aliphatic carbocycles. The molecule has 1 heterocycles. The van der Waals surface area contributed by atoms with Gasteiger partial charge in [0.1, 0.15) is 6.61 Å². The molecular weight excluding hydrogens is 336 g/mol. The lowest BCUT2D eigenvalue weighted by Crippen LogP contribution is -2.43. The Morgan fingerprint density at radius 2 is 2.00 bits per heavy atom. The third kappa shape index (κ3) is 4.92. The molecule has 0 spiro atoms. The van der Waals surface area contributed by atoms with Crippen molar-refractivity contribution in [3.8, 4) is 17.2 Å². The van der Waals surface area contributed by atoms with E-state index in [2.05, 4.69) is 10.6 Å². The molecule has 2 N–H and O–H groups in total. The molecule has 1 fully saturated rings. The van der Waals surface area contributed by atoms with Crippen LogP contribution >= 0.6 is 0 Å². The van der Waals surface area contributed by atoms with Gasteiger partial charge in [-0.3, -0.25) is 0 Å². The number of benzene rings is 1. The molecule has 9 heteroatoms. The van der Waals surface area contributed by atoms with Crippen molar-refractivity contribution in [2.45, 2.75) is 12.5 Å². The van der Waals surface area contributed by atoms with Crippen LogP contribution < -0.4 is 24.8 Å². The van der Waals surface area contributed by atoms with E-state index < -0.39 is 15.9 Å². The summed E-state index contributed by atoms with van der Waals surface area (Å²) in [5.74, 6) is 1.68. The fourth-order valence-corrected chi connectivity index (χ4v) is 4.12. The number of sulfone groups is 1. The van der Waals surface area contributed by atoms with Crippen LogP contribution in [0.3, 0.4) is 0 Å². The van der Waals surface area contributed by atoms with Crippen molar-refractivity contribution < 1.29 is 27.4 Å². The first-order chi connectivity index (χ1) is 11.4. The first-order valence-electron chi connectivity index (χ1n) is 7.54. The Morgan fingerprint density at radius 1 is 1.25 bits per heavy atom. The fourth-order valence-electron chi connectivity index (χ4n) is 2.44. The third-order valence-electron chi connectivity index (χ3n) is 3.58. The summed E-state index contributed by atoms with van der Waals surface area (Å²) in [6, 6.07) is 4.54. The van der Waals surface area contributed by atoms with Gasteiger partial charge in [0.25, 0.3) is 0 Å². The largest absolute Gasteiger partial charge is 0.493 e. The lowest BCUT2D eigenvalue weighted by atomic mass is 10.3. The Kier molecular flexibility index (Phi) is 6.13. The number of amides is 2. The predicted molar refractivity (Wildman–Crippen MR) is 88.6 cm³/mol. The van der Waals surface area contributed by atoms with E-state index in [4.69, 9.17) is 14.2 Å². The van der Waals surface area contributed by atoms with Gasteiger partial charge in [0, 0.05) is 6.04 Å². The van der Waals surface area contributed by atoms with Gasteiger partial charge in [-0.2, -0.15) is 0 Å². The second kappa shape index (κ2) is 8.09. The number of methoxy groups -OCH3 is 2. The maximum Gasteiger partial charge on any atom is 0.315 e. The molecule has 1 saturated heterocycles. The number of hydrogen-bond acceptors (Lipinski definition) is 6. The fraction of sp³-hybridized carbons (Fsp3) is 0.533. The number of ether oxygens (including phenoxy) is 3. The minimum absolute atomic E-state index is 0.00205. The standard InChI is InChI=1S/C15H22N2O6S/c1-21-12-4-3-5-13(14(12)22-2)23-8-7-16-15(18)17-11-6-9-24(19,20)10-11/h3-5,11H,6-10H2,1-2H3,(H2,16,17,18). The van der Waals surface area contributed by atoms with E-state index in [0.717, 1.165) is 0 Å². The Bertz CT molecular complexity index is 677. The maximum atomic E-state index is 11.7. The molecule has 0 bridgehead atoms. The van der Waals surface area contributed by atoms with Crippen molar-refractivity contribution in [1.29, 1.82) is 0 Å². The molecule has 0 saturated carbocycles. The minimum atomic E-state index is -3.01. The van der Waals surface area contributed by atoms with Crippen LogP contribution in [0.15, 0.2) is 18.2 Å². The number of hydrogen-bond donors (Lipinski definition) is 2. The van der Waals surface area contributed by atoms with Gasteiger partial charge in [0.05, 0.1) is 32.3 Å². The second-order valence-corrected chi connectivity index (χ2v) is 7.57. The summed E-state index contributed by atoms with van der Waals surface area (Å²) in [6.07, 6.45) is 0.452.